The Bertz CT molecular complexity index is 572. The Labute approximate surface area is 136 Å². The lowest BCUT2D eigenvalue weighted by Gasteiger charge is -2.17. The van der Waals surface area contributed by atoms with Gasteiger partial charge in [0.2, 0.25) is 5.91 Å². The number of benzene rings is 1. The Kier molecular flexibility index (Phi) is 7.04. The summed E-state index contributed by atoms with van der Waals surface area (Å²) in [5.74, 6) is -0.222. The predicted octanol–water partition coefficient (Wildman–Crippen LogP) is 1.45. The highest BCUT2D eigenvalue weighted by Crippen LogP contribution is 2.15. The molecule has 0 spiro atoms. The molecule has 1 heterocycles. The molecule has 2 atom stereocenters. The Balaban J connectivity index is 0.00000242. The fourth-order valence-electron chi connectivity index (χ4n) is 2.00. The van der Waals surface area contributed by atoms with Crippen molar-refractivity contribution in [2.24, 2.45) is 5.73 Å². The quantitative estimate of drug-likeness (QED) is 0.842. The van der Waals surface area contributed by atoms with E-state index in [1.54, 1.807) is 10.9 Å². The molecule has 3 N–H and O–H groups in total. The van der Waals surface area contributed by atoms with Gasteiger partial charge < -0.3 is 15.8 Å². The average molecular weight is 325 g/mol. The number of ether oxygens (including phenoxy) is 1. The van der Waals surface area contributed by atoms with Crippen molar-refractivity contribution >= 4 is 18.3 Å². The zero-order valence-electron chi connectivity index (χ0n) is 12.6. The first-order valence-electron chi connectivity index (χ1n) is 6.76. The van der Waals surface area contributed by atoms with Gasteiger partial charge in [0.05, 0.1) is 18.3 Å². The summed E-state index contributed by atoms with van der Waals surface area (Å²) in [4.78, 5) is 11.8. The summed E-state index contributed by atoms with van der Waals surface area (Å²) in [6.07, 6.45) is 3.61. The van der Waals surface area contributed by atoms with Crippen LogP contribution in [0.4, 0.5) is 0 Å². The number of rotatable bonds is 6. The molecule has 0 radical (unpaired) electrons. The summed E-state index contributed by atoms with van der Waals surface area (Å²) in [6, 6.07) is 8.94. The van der Waals surface area contributed by atoms with Gasteiger partial charge in [-0.15, -0.1) is 12.4 Å². The van der Waals surface area contributed by atoms with Gasteiger partial charge in [-0.3, -0.25) is 4.79 Å². The van der Waals surface area contributed by atoms with E-state index in [1.165, 1.54) is 7.11 Å². The molecular weight excluding hydrogens is 304 g/mol. The van der Waals surface area contributed by atoms with E-state index >= 15 is 0 Å². The Morgan fingerprint density at radius 2 is 2.09 bits per heavy atom. The molecule has 6 nitrogen and oxygen atoms in total. The molecule has 7 heteroatoms. The SMILES string of the molecule is COCC(N)C(=O)NC(C)c1ccc(-n2cccn2)cc1.Cl. The van der Waals surface area contributed by atoms with Gasteiger partial charge in [-0.05, 0) is 30.7 Å². The van der Waals surface area contributed by atoms with Crippen LogP contribution in [-0.4, -0.2) is 35.4 Å². The number of carbonyl (C=O) groups excluding carboxylic acids is 1. The van der Waals surface area contributed by atoms with Crippen LogP contribution in [0.5, 0.6) is 0 Å². The van der Waals surface area contributed by atoms with Crippen LogP contribution in [0.25, 0.3) is 5.69 Å². The number of methoxy groups -OCH3 is 1. The van der Waals surface area contributed by atoms with Crippen molar-refractivity contribution in [3.63, 3.8) is 0 Å². The van der Waals surface area contributed by atoms with Crippen LogP contribution >= 0.6 is 12.4 Å². The minimum atomic E-state index is -0.652. The third-order valence-electron chi connectivity index (χ3n) is 3.20. The minimum Gasteiger partial charge on any atom is -0.383 e. The van der Waals surface area contributed by atoms with Crippen LogP contribution in [0.15, 0.2) is 42.7 Å². The van der Waals surface area contributed by atoms with Gasteiger partial charge in [0.15, 0.2) is 0 Å². The number of nitrogens with zero attached hydrogens (tertiary/aromatic N) is 2. The highest BCUT2D eigenvalue weighted by atomic mass is 35.5. The van der Waals surface area contributed by atoms with Crippen LogP contribution in [0, 0.1) is 0 Å². The summed E-state index contributed by atoms with van der Waals surface area (Å²) >= 11 is 0. The Morgan fingerprint density at radius 3 is 2.64 bits per heavy atom. The van der Waals surface area contributed by atoms with Gasteiger partial charge >= 0.3 is 0 Å². The molecule has 0 saturated carbocycles. The number of hydrogen-bond donors (Lipinski definition) is 2. The van der Waals surface area contributed by atoms with E-state index in [4.69, 9.17) is 10.5 Å². The maximum atomic E-state index is 11.8. The maximum Gasteiger partial charge on any atom is 0.239 e. The van der Waals surface area contributed by atoms with E-state index in [0.717, 1.165) is 11.3 Å². The van der Waals surface area contributed by atoms with Crippen LogP contribution in [0.2, 0.25) is 0 Å². The number of halogens is 1. The lowest BCUT2D eigenvalue weighted by molar-refractivity contribution is -0.124. The molecule has 1 aromatic heterocycles. The maximum absolute atomic E-state index is 11.8. The lowest BCUT2D eigenvalue weighted by Crippen LogP contribution is -2.44. The van der Waals surface area contributed by atoms with Crippen molar-refractivity contribution in [1.29, 1.82) is 0 Å². The van der Waals surface area contributed by atoms with Crippen LogP contribution in [0.3, 0.4) is 0 Å². The van der Waals surface area contributed by atoms with Crippen molar-refractivity contribution < 1.29 is 9.53 Å². The lowest BCUT2D eigenvalue weighted by atomic mass is 10.1. The zero-order chi connectivity index (χ0) is 15.2. The van der Waals surface area contributed by atoms with Gasteiger partial charge in [-0.2, -0.15) is 5.10 Å². The molecular formula is C15H21ClN4O2. The number of carbonyl (C=O) groups is 1. The number of aromatic nitrogens is 2. The highest BCUT2D eigenvalue weighted by molar-refractivity contribution is 5.85. The van der Waals surface area contributed by atoms with E-state index in [1.807, 2.05) is 43.5 Å². The van der Waals surface area contributed by atoms with Crippen LogP contribution < -0.4 is 11.1 Å². The van der Waals surface area contributed by atoms with E-state index in [0.29, 0.717) is 0 Å². The normalized spacial score (nSPS) is 13.0. The van der Waals surface area contributed by atoms with Crippen molar-refractivity contribution in [3.8, 4) is 5.69 Å². The molecule has 0 aliphatic carbocycles. The molecule has 1 aromatic carbocycles. The first-order chi connectivity index (χ1) is 10.1. The largest absolute Gasteiger partial charge is 0.383 e. The number of nitrogens with one attached hydrogen (secondary N) is 1. The average Bonchev–Trinajstić information content (AvgIpc) is 3.01. The molecule has 0 aliphatic heterocycles. The molecule has 0 fully saturated rings. The summed E-state index contributed by atoms with van der Waals surface area (Å²) in [6.45, 7) is 2.12. The van der Waals surface area contributed by atoms with Crippen LogP contribution in [-0.2, 0) is 9.53 Å². The summed E-state index contributed by atoms with van der Waals surface area (Å²) in [5.41, 5.74) is 7.67. The monoisotopic (exact) mass is 324 g/mol. The van der Waals surface area contributed by atoms with Gasteiger partial charge in [-0.25, -0.2) is 4.68 Å². The summed E-state index contributed by atoms with van der Waals surface area (Å²) < 4.78 is 6.65. The zero-order valence-corrected chi connectivity index (χ0v) is 13.4. The first kappa shape index (κ1) is 18.2. The van der Waals surface area contributed by atoms with Gasteiger partial charge in [0.1, 0.15) is 6.04 Å². The van der Waals surface area contributed by atoms with Gasteiger partial charge in [0, 0.05) is 19.5 Å². The smallest absolute Gasteiger partial charge is 0.239 e. The highest BCUT2D eigenvalue weighted by Gasteiger charge is 2.16. The molecule has 0 saturated heterocycles. The first-order valence-corrected chi connectivity index (χ1v) is 6.76. The molecule has 0 bridgehead atoms. The molecule has 120 valence electrons. The fraction of sp³-hybridized carbons (Fsp3) is 0.333. The van der Waals surface area contributed by atoms with Gasteiger partial charge in [0.25, 0.3) is 0 Å². The van der Waals surface area contributed by atoms with E-state index in [-0.39, 0.29) is 31.0 Å². The molecule has 0 aliphatic rings. The van der Waals surface area contributed by atoms with E-state index in [2.05, 4.69) is 10.4 Å². The third-order valence-corrected chi connectivity index (χ3v) is 3.20. The molecule has 22 heavy (non-hydrogen) atoms. The second-order valence-electron chi connectivity index (χ2n) is 4.83. The van der Waals surface area contributed by atoms with E-state index < -0.39 is 6.04 Å². The topological polar surface area (TPSA) is 82.2 Å². The second-order valence-corrected chi connectivity index (χ2v) is 4.83. The number of amides is 1. The van der Waals surface area contributed by atoms with Crippen molar-refractivity contribution in [2.45, 2.75) is 19.0 Å². The van der Waals surface area contributed by atoms with Crippen LogP contribution in [0.1, 0.15) is 18.5 Å². The number of nitrogens with two attached hydrogens (primary N) is 1. The Morgan fingerprint density at radius 1 is 1.41 bits per heavy atom. The standard InChI is InChI=1S/C15H20N4O2.ClH/c1-11(18-15(20)14(16)10-21-2)12-4-6-13(7-5-12)19-9-3-8-17-19;/h3-9,11,14H,10,16H2,1-2H3,(H,18,20);1H. The predicted molar refractivity (Wildman–Crippen MR) is 87.2 cm³/mol. The van der Waals surface area contributed by atoms with Crippen molar-refractivity contribution in [1.82, 2.24) is 15.1 Å². The third kappa shape index (κ3) is 4.56. The number of hydrogen-bond acceptors (Lipinski definition) is 4. The second kappa shape index (κ2) is 8.53. The molecule has 2 rings (SSSR count). The van der Waals surface area contributed by atoms with Crippen molar-refractivity contribution in [2.75, 3.05) is 13.7 Å². The molecule has 2 unspecified atom stereocenters. The van der Waals surface area contributed by atoms with Gasteiger partial charge in [-0.1, -0.05) is 12.1 Å². The Hall–Kier alpha value is -1.89. The summed E-state index contributed by atoms with van der Waals surface area (Å²) in [7, 11) is 1.52. The minimum absolute atomic E-state index is 0. The summed E-state index contributed by atoms with van der Waals surface area (Å²) in [5, 5.41) is 7.04. The van der Waals surface area contributed by atoms with Crippen molar-refractivity contribution in [3.05, 3.63) is 48.3 Å². The fourth-order valence-corrected chi connectivity index (χ4v) is 2.00. The van der Waals surface area contributed by atoms with E-state index in [9.17, 15) is 4.79 Å². The molecule has 1 amide bonds. The molecule has 2 aromatic rings.